The van der Waals surface area contributed by atoms with Crippen LogP contribution in [0.2, 0.25) is 0 Å². The van der Waals surface area contributed by atoms with Crippen molar-refractivity contribution >= 4 is 17.2 Å². The van der Waals surface area contributed by atoms with Crippen LogP contribution in [0, 0.1) is 0 Å². The fraction of sp³-hybridized carbons (Fsp3) is 0.208. The van der Waals surface area contributed by atoms with Gasteiger partial charge in [-0.1, -0.05) is 81.4 Å². The Hall–Kier alpha value is -3.07. The molecule has 0 aromatic heterocycles. The van der Waals surface area contributed by atoms with Crippen LogP contribution in [0.3, 0.4) is 0 Å². The second-order valence-electron chi connectivity index (χ2n) is 7.89. The molecule has 1 aliphatic heterocycles. The van der Waals surface area contributed by atoms with Gasteiger partial charge in [0.2, 0.25) is 0 Å². The Bertz CT molecular complexity index is 923. The van der Waals surface area contributed by atoms with Gasteiger partial charge < -0.3 is 4.90 Å². The van der Waals surface area contributed by atoms with Crippen molar-refractivity contribution in [2.75, 3.05) is 16.6 Å². The first-order chi connectivity index (χ1) is 13.0. The molecule has 0 saturated carbocycles. The Morgan fingerprint density at radius 3 is 1.81 bits per heavy atom. The van der Waals surface area contributed by atoms with Gasteiger partial charge in [0, 0.05) is 11.3 Å². The van der Waals surface area contributed by atoms with Crippen LogP contribution in [0.4, 0.5) is 11.4 Å². The maximum atomic E-state index is 4.95. The van der Waals surface area contributed by atoms with Crippen LogP contribution in [0.1, 0.15) is 31.9 Å². The van der Waals surface area contributed by atoms with Crippen LogP contribution in [-0.4, -0.2) is 12.5 Å². The van der Waals surface area contributed by atoms with Gasteiger partial charge in [0.1, 0.15) is 6.67 Å². The van der Waals surface area contributed by atoms with Crippen LogP contribution in [-0.2, 0) is 5.41 Å². The van der Waals surface area contributed by atoms with Crippen molar-refractivity contribution in [2.24, 2.45) is 5.10 Å². The van der Waals surface area contributed by atoms with Crippen molar-refractivity contribution in [3.8, 4) is 0 Å². The minimum Gasteiger partial charge on any atom is -0.304 e. The summed E-state index contributed by atoms with van der Waals surface area (Å²) in [5.74, 6) is 0.977. The summed E-state index contributed by atoms with van der Waals surface area (Å²) in [6.45, 7) is 7.41. The van der Waals surface area contributed by atoms with E-state index in [4.69, 9.17) is 5.10 Å². The lowest BCUT2D eigenvalue weighted by Gasteiger charge is -2.22. The van der Waals surface area contributed by atoms with Gasteiger partial charge in [-0.3, -0.25) is 0 Å². The highest BCUT2D eigenvalue weighted by atomic mass is 15.6. The van der Waals surface area contributed by atoms with Gasteiger partial charge in [-0.15, -0.1) is 0 Å². The van der Waals surface area contributed by atoms with E-state index in [1.54, 1.807) is 0 Å². The Kier molecular flexibility index (Phi) is 4.44. The third kappa shape index (κ3) is 3.59. The van der Waals surface area contributed by atoms with Crippen LogP contribution in [0.5, 0.6) is 0 Å². The summed E-state index contributed by atoms with van der Waals surface area (Å²) < 4.78 is 0. The summed E-state index contributed by atoms with van der Waals surface area (Å²) in [5.41, 5.74) is 4.85. The monoisotopic (exact) mass is 355 g/mol. The number of rotatable bonds is 3. The maximum Gasteiger partial charge on any atom is 0.162 e. The third-order valence-electron chi connectivity index (χ3n) is 4.88. The summed E-state index contributed by atoms with van der Waals surface area (Å²) >= 11 is 0. The van der Waals surface area contributed by atoms with Gasteiger partial charge in [0.05, 0.1) is 5.69 Å². The highest BCUT2D eigenvalue weighted by Gasteiger charge is 2.26. The van der Waals surface area contributed by atoms with Crippen molar-refractivity contribution in [1.82, 2.24) is 0 Å². The lowest BCUT2D eigenvalue weighted by Crippen LogP contribution is -2.31. The molecule has 0 N–H and O–H groups in total. The Morgan fingerprint density at radius 2 is 1.26 bits per heavy atom. The van der Waals surface area contributed by atoms with E-state index >= 15 is 0 Å². The normalized spacial score (nSPS) is 14.4. The van der Waals surface area contributed by atoms with Crippen molar-refractivity contribution in [1.29, 1.82) is 0 Å². The largest absolute Gasteiger partial charge is 0.304 e. The number of hydrogen-bond acceptors (Lipinski definition) is 3. The highest BCUT2D eigenvalue weighted by Crippen LogP contribution is 2.28. The lowest BCUT2D eigenvalue weighted by atomic mass is 9.86. The number of hydrazone groups is 1. The maximum absolute atomic E-state index is 4.95. The Morgan fingerprint density at radius 1 is 0.704 bits per heavy atom. The van der Waals surface area contributed by atoms with E-state index in [2.05, 4.69) is 91.3 Å². The van der Waals surface area contributed by atoms with E-state index in [0.717, 1.165) is 22.8 Å². The standard InChI is InChI=1S/C24H25N3/c1-24(2,3)20-16-14-19(15-17-20)23-25-27(22-12-8-5-9-13-22)18-26(23)21-10-6-4-7-11-21/h4-17H,18H2,1-3H3. The first-order valence-electron chi connectivity index (χ1n) is 9.37. The third-order valence-corrected chi connectivity index (χ3v) is 4.88. The molecule has 0 spiro atoms. The van der Waals surface area contributed by atoms with Crippen LogP contribution < -0.4 is 9.91 Å². The molecule has 3 aromatic rings. The molecule has 3 aromatic carbocycles. The molecule has 0 radical (unpaired) electrons. The Labute approximate surface area is 161 Å². The molecule has 0 aliphatic carbocycles. The van der Waals surface area contributed by atoms with E-state index in [1.807, 2.05) is 24.3 Å². The first kappa shape index (κ1) is 17.3. The Balaban J connectivity index is 1.73. The molecule has 1 heterocycles. The van der Waals surface area contributed by atoms with Crippen LogP contribution >= 0.6 is 0 Å². The second kappa shape index (κ2) is 6.92. The van der Waals surface area contributed by atoms with Gasteiger partial charge in [0.25, 0.3) is 0 Å². The summed E-state index contributed by atoms with van der Waals surface area (Å²) in [4.78, 5) is 2.26. The number of anilines is 2. The minimum atomic E-state index is 0.144. The van der Waals surface area contributed by atoms with Gasteiger partial charge in [-0.25, -0.2) is 5.01 Å². The molecule has 0 atom stereocenters. The van der Waals surface area contributed by atoms with Crippen molar-refractivity contribution < 1.29 is 0 Å². The van der Waals surface area contributed by atoms with E-state index in [1.165, 1.54) is 5.56 Å². The summed E-state index contributed by atoms with van der Waals surface area (Å²) in [5, 5.41) is 7.01. The van der Waals surface area contributed by atoms with E-state index < -0.39 is 0 Å². The van der Waals surface area contributed by atoms with Crippen molar-refractivity contribution in [3.05, 3.63) is 96.1 Å². The van der Waals surface area contributed by atoms with Gasteiger partial charge >= 0.3 is 0 Å². The number of hydrogen-bond donors (Lipinski definition) is 0. The fourth-order valence-electron chi connectivity index (χ4n) is 3.29. The molecular weight excluding hydrogens is 330 g/mol. The van der Waals surface area contributed by atoms with Crippen LogP contribution in [0.25, 0.3) is 0 Å². The lowest BCUT2D eigenvalue weighted by molar-refractivity contribution is 0.590. The van der Waals surface area contributed by atoms with Crippen molar-refractivity contribution in [2.45, 2.75) is 26.2 Å². The topological polar surface area (TPSA) is 18.8 Å². The quantitative estimate of drug-likeness (QED) is 0.606. The number of nitrogens with zero attached hydrogens (tertiary/aromatic N) is 3. The molecule has 3 heteroatoms. The molecule has 4 rings (SSSR count). The van der Waals surface area contributed by atoms with E-state index in [-0.39, 0.29) is 5.41 Å². The zero-order valence-corrected chi connectivity index (χ0v) is 16.1. The number of amidine groups is 1. The average Bonchev–Trinajstić information content (AvgIpc) is 3.14. The summed E-state index contributed by atoms with van der Waals surface area (Å²) in [6, 6.07) is 29.6. The molecule has 3 nitrogen and oxygen atoms in total. The summed E-state index contributed by atoms with van der Waals surface area (Å²) in [7, 11) is 0. The molecule has 27 heavy (non-hydrogen) atoms. The summed E-state index contributed by atoms with van der Waals surface area (Å²) in [6.07, 6.45) is 0. The molecule has 136 valence electrons. The molecule has 0 amide bonds. The zero-order chi connectivity index (χ0) is 18.9. The predicted molar refractivity (Wildman–Crippen MR) is 114 cm³/mol. The molecular formula is C24H25N3. The number of para-hydroxylation sites is 2. The smallest absolute Gasteiger partial charge is 0.162 e. The number of benzene rings is 3. The molecule has 0 fully saturated rings. The van der Waals surface area contributed by atoms with E-state index in [0.29, 0.717) is 6.67 Å². The second-order valence-corrected chi connectivity index (χ2v) is 7.89. The average molecular weight is 355 g/mol. The first-order valence-corrected chi connectivity index (χ1v) is 9.37. The molecule has 0 saturated heterocycles. The predicted octanol–water partition coefficient (Wildman–Crippen LogP) is 5.63. The SMILES string of the molecule is CC(C)(C)c1ccc(C2=NN(c3ccccc3)CN2c2ccccc2)cc1. The molecule has 0 bridgehead atoms. The van der Waals surface area contributed by atoms with Gasteiger partial charge in [-0.2, -0.15) is 5.10 Å². The van der Waals surface area contributed by atoms with Gasteiger partial charge in [-0.05, 0) is 35.2 Å². The fourth-order valence-corrected chi connectivity index (χ4v) is 3.29. The molecule has 0 unspecified atom stereocenters. The highest BCUT2D eigenvalue weighted by molar-refractivity contribution is 6.12. The zero-order valence-electron chi connectivity index (χ0n) is 16.1. The van der Waals surface area contributed by atoms with E-state index in [9.17, 15) is 0 Å². The van der Waals surface area contributed by atoms with Gasteiger partial charge in [0.15, 0.2) is 5.84 Å². The molecule has 1 aliphatic rings. The minimum absolute atomic E-state index is 0.144. The van der Waals surface area contributed by atoms with Crippen LogP contribution in [0.15, 0.2) is 90.0 Å². The van der Waals surface area contributed by atoms with Crippen molar-refractivity contribution in [3.63, 3.8) is 0 Å².